The van der Waals surface area contributed by atoms with E-state index < -0.39 is 0 Å². The van der Waals surface area contributed by atoms with Gasteiger partial charge in [-0.05, 0) is 81.0 Å². The van der Waals surface area contributed by atoms with Crippen LogP contribution < -0.4 is 0 Å². The van der Waals surface area contributed by atoms with E-state index in [1.807, 2.05) is 0 Å². The SMILES string of the molecule is CCC1CCC(C2CCC(C3CCCC(=O)C3)CC2)CC1. The average molecular weight is 290 g/mol. The van der Waals surface area contributed by atoms with Gasteiger partial charge in [-0.25, -0.2) is 0 Å². The minimum Gasteiger partial charge on any atom is -0.300 e. The highest BCUT2D eigenvalue weighted by Gasteiger charge is 2.34. The summed E-state index contributed by atoms with van der Waals surface area (Å²) in [6.07, 6.45) is 17.5. The van der Waals surface area contributed by atoms with Gasteiger partial charge in [-0.3, -0.25) is 4.79 Å². The van der Waals surface area contributed by atoms with Crippen LogP contribution in [0.15, 0.2) is 0 Å². The van der Waals surface area contributed by atoms with Crippen molar-refractivity contribution in [2.75, 3.05) is 0 Å². The number of Topliss-reactive ketones (excluding diaryl/α,β-unsaturated/α-hetero) is 1. The number of hydrogen-bond donors (Lipinski definition) is 0. The van der Waals surface area contributed by atoms with Crippen LogP contribution in [0.1, 0.15) is 90.4 Å². The molecule has 1 atom stereocenters. The molecule has 1 nitrogen and oxygen atoms in total. The molecule has 3 fully saturated rings. The Morgan fingerprint density at radius 2 is 1.29 bits per heavy atom. The summed E-state index contributed by atoms with van der Waals surface area (Å²) in [5.41, 5.74) is 0. The summed E-state index contributed by atoms with van der Waals surface area (Å²) in [4.78, 5) is 11.7. The molecule has 0 aromatic rings. The van der Waals surface area contributed by atoms with Crippen LogP contribution in [-0.4, -0.2) is 5.78 Å². The third kappa shape index (κ3) is 3.90. The van der Waals surface area contributed by atoms with Crippen molar-refractivity contribution in [2.45, 2.75) is 90.4 Å². The van der Waals surface area contributed by atoms with Gasteiger partial charge in [0, 0.05) is 12.8 Å². The van der Waals surface area contributed by atoms with Gasteiger partial charge in [0.05, 0.1) is 0 Å². The molecule has 0 aromatic carbocycles. The lowest BCUT2D eigenvalue weighted by molar-refractivity contribution is -0.122. The largest absolute Gasteiger partial charge is 0.300 e. The molecule has 0 bridgehead atoms. The van der Waals surface area contributed by atoms with Gasteiger partial charge < -0.3 is 0 Å². The van der Waals surface area contributed by atoms with Gasteiger partial charge in [0.15, 0.2) is 0 Å². The van der Waals surface area contributed by atoms with Crippen molar-refractivity contribution in [3.05, 3.63) is 0 Å². The van der Waals surface area contributed by atoms with Gasteiger partial charge in [0.1, 0.15) is 5.78 Å². The molecule has 0 amide bonds. The molecule has 0 saturated heterocycles. The third-order valence-corrected chi connectivity index (χ3v) is 7.14. The summed E-state index contributed by atoms with van der Waals surface area (Å²) in [6.45, 7) is 2.36. The topological polar surface area (TPSA) is 17.1 Å². The number of rotatable bonds is 3. The predicted octanol–water partition coefficient (Wildman–Crippen LogP) is 5.77. The normalized spacial score (nSPS) is 42.0. The smallest absolute Gasteiger partial charge is 0.133 e. The first-order valence-electron chi connectivity index (χ1n) is 9.78. The molecule has 0 radical (unpaired) electrons. The van der Waals surface area contributed by atoms with Crippen molar-refractivity contribution >= 4 is 5.78 Å². The van der Waals surface area contributed by atoms with E-state index in [2.05, 4.69) is 6.92 Å². The Bertz CT molecular complexity index is 332. The van der Waals surface area contributed by atoms with Crippen molar-refractivity contribution in [3.63, 3.8) is 0 Å². The summed E-state index contributed by atoms with van der Waals surface area (Å²) in [7, 11) is 0. The van der Waals surface area contributed by atoms with Crippen LogP contribution in [0.3, 0.4) is 0 Å². The fraction of sp³-hybridized carbons (Fsp3) is 0.950. The minimum atomic E-state index is 0.547. The van der Waals surface area contributed by atoms with E-state index in [0.29, 0.717) is 5.78 Å². The second-order valence-electron chi connectivity index (χ2n) is 8.26. The maximum atomic E-state index is 11.7. The highest BCUT2D eigenvalue weighted by atomic mass is 16.1. The minimum absolute atomic E-state index is 0.547. The first-order valence-corrected chi connectivity index (χ1v) is 9.78. The highest BCUT2D eigenvalue weighted by molar-refractivity contribution is 5.79. The molecule has 3 aliphatic carbocycles. The van der Waals surface area contributed by atoms with Crippen molar-refractivity contribution in [3.8, 4) is 0 Å². The van der Waals surface area contributed by atoms with Crippen LogP contribution in [-0.2, 0) is 4.79 Å². The lowest BCUT2D eigenvalue weighted by Crippen LogP contribution is -2.30. The molecule has 120 valence electrons. The fourth-order valence-corrected chi connectivity index (χ4v) is 5.62. The summed E-state index contributed by atoms with van der Waals surface area (Å²) < 4.78 is 0. The molecule has 0 N–H and O–H groups in total. The summed E-state index contributed by atoms with van der Waals surface area (Å²) in [5.74, 6) is 5.29. The monoisotopic (exact) mass is 290 g/mol. The van der Waals surface area contributed by atoms with Gasteiger partial charge in [-0.1, -0.05) is 26.2 Å². The summed E-state index contributed by atoms with van der Waals surface area (Å²) >= 11 is 0. The fourth-order valence-electron chi connectivity index (χ4n) is 5.62. The van der Waals surface area contributed by atoms with Crippen LogP contribution in [0.2, 0.25) is 0 Å². The molecule has 3 rings (SSSR count). The molecule has 0 heterocycles. The second-order valence-corrected chi connectivity index (χ2v) is 8.26. The molecule has 0 spiro atoms. The highest BCUT2D eigenvalue weighted by Crippen LogP contribution is 2.45. The van der Waals surface area contributed by atoms with Crippen molar-refractivity contribution in [1.29, 1.82) is 0 Å². The number of hydrogen-bond acceptors (Lipinski definition) is 1. The van der Waals surface area contributed by atoms with E-state index in [0.717, 1.165) is 42.4 Å². The quantitative estimate of drug-likeness (QED) is 0.645. The zero-order chi connectivity index (χ0) is 14.7. The van der Waals surface area contributed by atoms with E-state index in [1.165, 1.54) is 70.6 Å². The zero-order valence-electron chi connectivity index (χ0n) is 14.0. The van der Waals surface area contributed by atoms with E-state index in [4.69, 9.17) is 0 Å². The summed E-state index contributed by atoms with van der Waals surface area (Å²) in [5, 5.41) is 0. The van der Waals surface area contributed by atoms with Crippen LogP contribution in [0.4, 0.5) is 0 Å². The van der Waals surface area contributed by atoms with Crippen molar-refractivity contribution < 1.29 is 4.79 Å². The molecular formula is C20H34O. The molecule has 21 heavy (non-hydrogen) atoms. The molecule has 0 aromatic heterocycles. The lowest BCUT2D eigenvalue weighted by Gasteiger charge is -2.40. The predicted molar refractivity (Wildman–Crippen MR) is 88.2 cm³/mol. The number of ketones is 1. The Labute approximate surface area is 131 Å². The number of carbonyl (C=O) groups is 1. The first-order chi connectivity index (χ1) is 10.3. The van der Waals surface area contributed by atoms with Crippen LogP contribution >= 0.6 is 0 Å². The Balaban J connectivity index is 1.44. The third-order valence-electron chi connectivity index (χ3n) is 7.14. The Hall–Kier alpha value is -0.330. The van der Waals surface area contributed by atoms with Crippen LogP contribution in [0, 0.1) is 29.6 Å². The average Bonchev–Trinajstić information content (AvgIpc) is 2.55. The van der Waals surface area contributed by atoms with Crippen molar-refractivity contribution in [1.82, 2.24) is 0 Å². The van der Waals surface area contributed by atoms with Gasteiger partial charge in [0.2, 0.25) is 0 Å². The van der Waals surface area contributed by atoms with Gasteiger partial charge >= 0.3 is 0 Å². The maximum Gasteiger partial charge on any atom is 0.133 e. The molecule has 1 unspecified atom stereocenters. The van der Waals surface area contributed by atoms with Crippen molar-refractivity contribution in [2.24, 2.45) is 29.6 Å². The van der Waals surface area contributed by atoms with Crippen LogP contribution in [0.25, 0.3) is 0 Å². The van der Waals surface area contributed by atoms with Gasteiger partial charge in [0.25, 0.3) is 0 Å². The van der Waals surface area contributed by atoms with Gasteiger partial charge in [-0.2, -0.15) is 0 Å². The molecule has 3 aliphatic rings. The van der Waals surface area contributed by atoms with E-state index in [-0.39, 0.29) is 0 Å². The van der Waals surface area contributed by atoms with Gasteiger partial charge in [-0.15, -0.1) is 0 Å². The van der Waals surface area contributed by atoms with E-state index >= 15 is 0 Å². The molecule has 1 heteroatoms. The Morgan fingerprint density at radius 1 is 0.762 bits per heavy atom. The summed E-state index contributed by atoms with van der Waals surface area (Å²) in [6, 6.07) is 0. The standard InChI is InChI=1S/C20H34O/c1-2-15-6-8-16(9-7-15)17-10-12-18(13-11-17)19-4-3-5-20(21)14-19/h15-19H,2-14H2,1H3. The lowest BCUT2D eigenvalue weighted by atomic mass is 9.65. The molecule has 0 aliphatic heterocycles. The molecular weight excluding hydrogens is 256 g/mol. The van der Waals surface area contributed by atoms with E-state index in [1.54, 1.807) is 0 Å². The van der Waals surface area contributed by atoms with E-state index in [9.17, 15) is 4.79 Å². The second kappa shape index (κ2) is 7.29. The molecule has 3 saturated carbocycles. The number of carbonyl (C=O) groups excluding carboxylic acids is 1. The maximum absolute atomic E-state index is 11.7. The zero-order valence-corrected chi connectivity index (χ0v) is 14.0. The Kier molecular flexibility index (Phi) is 5.40. The van der Waals surface area contributed by atoms with Crippen LogP contribution in [0.5, 0.6) is 0 Å². The Morgan fingerprint density at radius 3 is 1.81 bits per heavy atom. The first kappa shape index (κ1) is 15.6.